The van der Waals surface area contributed by atoms with Crippen molar-refractivity contribution in [3.05, 3.63) is 24.4 Å². The maximum Gasteiger partial charge on any atom is 0.226 e. The van der Waals surface area contributed by atoms with Crippen molar-refractivity contribution in [2.24, 2.45) is 11.8 Å². The lowest BCUT2D eigenvalue weighted by atomic mass is 9.84. The summed E-state index contributed by atoms with van der Waals surface area (Å²) in [5.74, 6) is 1.55. The molecule has 8 nitrogen and oxygen atoms in total. The quantitative estimate of drug-likeness (QED) is 0.769. The van der Waals surface area contributed by atoms with Gasteiger partial charge in [-0.25, -0.2) is 9.97 Å². The predicted molar refractivity (Wildman–Crippen MR) is 99.9 cm³/mol. The molecule has 27 heavy (non-hydrogen) atoms. The second-order valence-electron chi connectivity index (χ2n) is 8.05. The van der Waals surface area contributed by atoms with Crippen LogP contribution in [0, 0.1) is 11.8 Å². The maximum absolute atomic E-state index is 12.6. The second-order valence-corrected chi connectivity index (χ2v) is 8.05. The molecule has 1 N–H and O–H groups in total. The van der Waals surface area contributed by atoms with Crippen LogP contribution in [-0.4, -0.2) is 54.3 Å². The molecule has 0 radical (unpaired) electrons. The number of carbonyl (C=O) groups excluding carboxylic acids is 1. The van der Waals surface area contributed by atoms with Crippen LogP contribution in [0.15, 0.2) is 18.6 Å². The number of likely N-dealkylation sites (tertiary alicyclic amines) is 1. The van der Waals surface area contributed by atoms with Crippen molar-refractivity contribution >= 4 is 16.9 Å². The number of H-pyrrole nitrogens is 1. The van der Waals surface area contributed by atoms with Gasteiger partial charge in [0, 0.05) is 43.2 Å². The van der Waals surface area contributed by atoms with E-state index in [0.29, 0.717) is 5.92 Å². The maximum atomic E-state index is 12.6. The molecule has 3 aromatic heterocycles. The van der Waals surface area contributed by atoms with E-state index in [-0.39, 0.29) is 23.8 Å². The topological polar surface area (TPSA) is 92.6 Å². The van der Waals surface area contributed by atoms with Crippen LogP contribution in [-0.2, 0) is 4.79 Å². The molecule has 4 heterocycles. The fourth-order valence-corrected chi connectivity index (χ4v) is 4.61. The predicted octanol–water partition coefficient (Wildman–Crippen LogP) is 2.38. The molecule has 8 heteroatoms. The standard InChI is InChI=1S/C19H23N7O/c1-10(2)26-9-12(6-21-26)16-17-14(23-24-16)7-20-18(22-17)15-11-4-5-13(15)19(27)25(3)8-11/h6-7,9-11,13,15H,4-5,8H2,1-3H3,(H,23,24). The van der Waals surface area contributed by atoms with E-state index < -0.39 is 0 Å². The third kappa shape index (κ3) is 2.46. The van der Waals surface area contributed by atoms with E-state index in [1.807, 2.05) is 29.0 Å². The molecule has 5 rings (SSSR count). The largest absolute Gasteiger partial charge is 0.345 e. The number of rotatable bonds is 3. The van der Waals surface area contributed by atoms with Crippen molar-refractivity contribution in [3.63, 3.8) is 0 Å². The minimum atomic E-state index is 0.00485. The summed E-state index contributed by atoms with van der Waals surface area (Å²) < 4.78 is 1.91. The fraction of sp³-hybridized carbons (Fsp3) is 0.526. The number of amides is 1. The lowest BCUT2D eigenvalue weighted by Crippen LogP contribution is -2.43. The van der Waals surface area contributed by atoms with Gasteiger partial charge < -0.3 is 4.90 Å². The summed E-state index contributed by atoms with van der Waals surface area (Å²) in [7, 11) is 1.90. The number of aromatic amines is 1. The number of hydrogen-bond acceptors (Lipinski definition) is 5. The minimum Gasteiger partial charge on any atom is -0.345 e. The first kappa shape index (κ1) is 16.4. The zero-order valence-electron chi connectivity index (χ0n) is 15.8. The molecule has 1 saturated heterocycles. The van der Waals surface area contributed by atoms with Gasteiger partial charge >= 0.3 is 0 Å². The van der Waals surface area contributed by atoms with Crippen molar-refractivity contribution in [1.29, 1.82) is 0 Å². The highest BCUT2D eigenvalue weighted by Gasteiger charge is 2.48. The summed E-state index contributed by atoms with van der Waals surface area (Å²) in [5.41, 5.74) is 3.32. The highest BCUT2D eigenvalue weighted by Crippen LogP contribution is 2.47. The summed E-state index contributed by atoms with van der Waals surface area (Å²) in [6.07, 6.45) is 7.60. The van der Waals surface area contributed by atoms with Gasteiger partial charge in [0.1, 0.15) is 22.6 Å². The Morgan fingerprint density at radius 3 is 2.89 bits per heavy atom. The van der Waals surface area contributed by atoms with E-state index in [2.05, 4.69) is 34.1 Å². The third-order valence-corrected chi connectivity index (χ3v) is 6.01. The number of nitrogens with one attached hydrogen (secondary N) is 1. The van der Waals surface area contributed by atoms with E-state index in [4.69, 9.17) is 4.98 Å². The van der Waals surface area contributed by atoms with Crippen LogP contribution >= 0.6 is 0 Å². The number of aromatic nitrogens is 6. The third-order valence-electron chi connectivity index (χ3n) is 6.01. The van der Waals surface area contributed by atoms with Crippen LogP contribution in [0.4, 0.5) is 0 Å². The normalized spacial score (nSPS) is 25.1. The number of hydrogen-bond donors (Lipinski definition) is 1. The first-order valence-electron chi connectivity index (χ1n) is 9.53. The van der Waals surface area contributed by atoms with Gasteiger partial charge in [-0.15, -0.1) is 0 Å². The molecule has 2 aliphatic rings. The zero-order valence-corrected chi connectivity index (χ0v) is 15.8. The van der Waals surface area contributed by atoms with Crippen molar-refractivity contribution in [3.8, 4) is 11.3 Å². The molecule has 0 aromatic carbocycles. The number of nitrogens with zero attached hydrogens (tertiary/aromatic N) is 6. The van der Waals surface area contributed by atoms with Crippen LogP contribution in [0.3, 0.4) is 0 Å². The molecule has 1 saturated carbocycles. The van der Waals surface area contributed by atoms with E-state index in [1.165, 1.54) is 0 Å². The first-order valence-corrected chi connectivity index (χ1v) is 9.53. The highest BCUT2D eigenvalue weighted by atomic mass is 16.2. The SMILES string of the molecule is CC(C)n1cc(-c2n[nH]c3cnc(C4C5CCC4C(=O)N(C)C5)nc23)cn1. The van der Waals surface area contributed by atoms with Gasteiger partial charge in [0.2, 0.25) is 5.91 Å². The lowest BCUT2D eigenvalue weighted by Gasteiger charge is -2.34. The van der Waals surface area contributed by atoms with Crippen LogP contribution in [0.2, 0.25) is 0 Å². The first-order chi connectivity index (χ1) is 13.0. The Balaban J connectivity index is 1.57. The van der Waals surface area contributed by atoms with E-state index in [9.17, 15) is 4.79 Å². The summed E-state index contributed by atoms with van der Waals surface area (Å²) in [6, 6.07) is 0.287. The Bertz CT molecular complexity index is 1020. The molecule has 1 aliphatic carbocycles. The average Bonchev–Trinajstić information content (AvgIpc) is 3.35. The van der Waals surface area contributed by atoms with Gasteiger partial charge in [-0.05, 0) is 32.6 Å². The van der Waals surface area contributed by atoms with Gasteiger partial charge in [0.15, 0.2) is 0 Å². The Hall–Kier alpha value is -2.77. The molecular formula is C19H23N7O. The van der Waals surface area contributed by atoms with Gasteiger partial charge in [-0.1, -0.05) is 0 Å². The number of piperidine rings is 1. The minimum absolute atomic E-state index is 0.00485. The molecule has 3 atom stereocenters. The van der Waals surface area contributed by atoms with E-state index in [1.54, 1.807) is 6.20 Å². The molecule has 1 aliphatic heterocycles. The Labute approximate surface area is 157 Å². The van der Waals surface area contributed by atoms with E-state index in [0.717, 1.165) is 47.5 Å². The average molecular weight is 365 g/mol. The van der Waals surface area contributed by atoms with Crippen LogP contribution in [0.5, 0.6) is 0 Å². The second kappa shape index (κ2) is 5.87. The smallest absolute Gasteiger partial charge is 0.226 e. The van der Waals surface area contributed by atoms with E-state index >= 15 is 0 Å². The Morgan fingerprint density at radius 1 is 1.26 bits per heavy atom. The van der Waals surface area contributed by atoms with Crippen LogP contribution < -0.4 is 0 Å². The van der Waals surface area contributed by atoms with Crippen molar-refractivity contribution in [2.75, 3.05) is 13.6 Å². The summed E-state index contributed by atoms with van der Waals surface area (Å²) in [4.78, 5) is 23.9. The molecule has 3 aromatic rings. The lowest BCUT2D eigenvalue weighted by molar-refractivity contribution is -0.137. The Morgan fingerprint density at radius 2 is 2.11 bits per heavy atom. The molecule has 3 unspecified atom stereocenters. The Kier molecular flexibility index (Phi) is 3.57. The monoisotopic (exact) mass is 365 g/mol. The summed E-state index contributed by atoms with van der Waals surface area (Å²) >= 11 is 0. The van der Waals surface area contributed by atoms with Crippen molar-refractivity contribution < 1.29 is 4.79 Å². The molecular weight excluding hydrogens is 342 g/mol. The van der Waals surface area contributed by atoms with Gasteiger partial charge in [-0.2, -0.15) is 10.2 Å². The van der Waals surface area contributed by atoms with Crippen LogP contribution in [0.25, 0.3) is 22.3 Å². The van der Waals surface area contributed by atoms with Crippen LogP contribution in [0.1, 0.15) is 44.5 Å². The number of fused-ring (bicyclic) bond motifs is 3. The molecule has 1 amide bonds. The van der Waals surface area contributed by atoms with Gasteiger partial charge in [0.25, 0.3) is 0 Å². The van der Waals surface area contributed by atoms with Gasteiger partial charge in [0.05, 0.1) is 12.4 Å². The van der Waals surface area contributed by atoms with Crippen molar-refractivity contribution in [1.82, 2.24) is 34.8 Å². The summed E-state index contributed by atoms with van der Waals surface area (Å²) in [6.45, 7) is 4.97. The number of carbonyl (C=O) groups is 1. The van der Waals surface area contributed by atoms with Crippen molar-refractivity contribution in [2.45, 2.75) is 38.6 Å². The summed E-state index contributed by atoms with van der Waals surface area (Å²) in [5, 5.41) is 11.9. The molecule has 2 fully saturated rings. The zero-order chi connectivity index (χ0) is 18.7. The fourth-order valence-electron chi connectivity index (χ4n) is 4.61. The molecule has 2 bridgehead atoms. The highest BCUT2D eigenvalue weighted by molar-refractivity contribution is 5.88. The molecule has 0 spiro atoms. The molecule has 140 valence electrons. The van der Waals surface area contributed by atoms with Gasteiger partial charge in [-0.3, -0.25) is 14.6 Å².